The maximum atomic E-state index is 11.7. The van der Waals surface area contributed by atoms with Crippen LogP contribution in [0.15, 0.2) is 58.2 Å². The van der Waals surface area contributed by atoms with Gasteiger partial charge in [-0.25, -0.2) is 4.98 Å². The highest BCUT2D eigenvalue weighted by Gasteiger charge is 2.03. The van der Waals surface area contributed by atoms with E-state index in [0.717, 1.165) is 9.50 Å². The van der Waals surface area contributed by atoms with Crippen LogP contribution >= 0.6 is 27.7 Å². The van der Waals surface area contributed by atoms with Crippen molar-refractivity contribution >= 4 is 39.3 Å². The highest BCUT2D eigenvalue weighted by Crippen LogP contribution is 2.17. The van der Waals surface area contributed by atoms with Crippen molar-refractivity contribution in [3.63, 3.8) is 0 Å². The van der Waals surface area contributed by atoms with E-state index in [4.69, 9.17) is 0 Å². The van der Waals surface area contributed by atoms with Crippen LogP contribution in [0.4, 0.5) is 5.69 Å². The summed E-state index contributed by atoms with van der Waals surface area (Å²) in [5, 5.41) is 2.80. The number of amides is 1. The number of carbonyl (C=O) groups excluding carboxylic acids is 1. The van der Waals surface area contributed by atoms with Gasteiger partial charge in [0.2, 0.25) is 5.91 Å². The number of halogens is 1. The van der Waals surface area contributed by atoms with E-state index in [1.54, 1.807) is 12.3 Å². The van der Waals surface area contributed by atoms with Crippen LogP contribution in [0.25, 0.3) is 0 Å². The van der Waals surface area contributed by atoms with Crippen LogP contribution in [0.2, 0.25) is 0 Å². The number of nitrogens with zero attached hydrogens (tertiary/aromatic N) is 1. The molecule has 0 saturated carbocycles. The first-order chi connectivity index (χ1) is 8.74. The second-order valence-electron chi connectivity index (χ2n) is 3.52. The summed E-state index contributed by atoms with van der Waals surface area (Å²) in [5.74, 6) is 0.355. The number of benzene rings is 1. The van der Waals surface area contributed by atoms with Crippen molar-refractivity contribution < 1.29 is 4.79 Å². The maximum Gasteiger partial charge on any atom is 0.234 e. The number of aromatic nitrogens is 1. The maximum absolute atomic E-state index is 11.7. The predicted molar refractivity (Wildman–Crippen MR) is 77.7 cm³/mol. The molecular formula is C13H11BrN2OS. The van der Waals surface area contributed by atoms with Gasteiger partial charge in [-0.05, 0) is 40.2 Å². The van der Waals surface area contributed by atoms with Gasteiger partial charge in [-0.1, -0.05) is 18.2 Å². The van der Waals surface area contributed by atoms with E-state index in [1.807, 2.05) is 36.4 Å². The minimum Gasteiger partial charge on any atom is -0.324 e. The number of nitrogens with one attached hydrogen (secondary N) is 1. The molecule has 3 nitrogen and oxygen atoms in total. The highest BCUT2D eigenvalue weighted by molar-refractivity contribution is 9.10. The number of anilines is 1. The fraction of sp³-hybridized carbons (Fsp3) is 0.0769. The third-order valence-electron chi connectivity index (χ3n) is 2.12. The lowest BCUT2D eigenvalue weighted by Gasteiger charge is -2.04. The fourth-order valence-electron chi connectivity index (χ4n) is 1.31. The largest absolute Gasteiger partial charge is 0.324 e. The molecule has 2 rings (SSSR count). The van der Waals surface area contributed by atoms with Crippen molar-refractivity contribution in [1.29, 1.82) is 0 Å². The summed E-state index contributed by atoms with van der Waals surface area (Å²) in [6, 6.07) is 13.4. The van der Waals surface area contributed by atoms with Gasteiger partial charge in [-0.3, -0.25) is 4.79 Å². The average Bonchev–Trinajstić information content (AvgIpc) is 2.40. The first-order valence-electron chi connectivity index (χ1n) is 5.33. The molecule has 2 aromatic rings. The van der Waals surface area contributed by atoms with Gasteiger partial charge in [0.05, 0.1) is 17.6 Å². The summed E-state index contributed by atoms with van der Waals surface area (Å²) in [6.07, 6.45) is 1.62. The predicted octanol–water partition coefficient (Wildman–Crippen LogP) is 3.57. The molecule has 0 spiro atoms. The van der Waals surface area contributed by atoms with E-state index in [1.165, 1.54) is 11.8 Å². The third-order valence-corrected chi connectivity index (χ3v) is 3.61. The lowest BCUT2D eigenvalue weighted by molar-refractivity contribution is -0.113. The third kappa shape index (κ3) is 4.16. The molecule has 0 atom stereocenters. The van der Waals surface area contributed by atoms with Crippen molar-refractivity contribution in [3.05, 3.63) is 53.3 Å². The van der Waals surface area contributed by atoms with Crippen molar-refractivity contribution in [2.24, 2.45) is 0 Å². The Morgan fingerprint density at radius 3 is 2.67 bits per heavy atom. The van der Waals surface area contributed by atoms with Crippen molar-refractivity contribution in [3.8, 4) is 0 Å². The van der Waals surface area contributed by atoms with E-state index in [9.17, 15) is 4.79 Å². The van der Waals surface area contributed by atoms with Crippen LogP contribution in [0.1, 0.15) is 0 Å². The molecule has 0 unspecified atom stereocenters. The van der Waals surface area contributed by atoms with Gasteiger partial charge < -0.3 is 5.32 Å². The topological polar surface area (TPSA) is 42.0 Å². The van der Waals surface area contributed by atoms with Crippen molar-refractivity contribution in [2.45, 2.75) is 4.90 Å². The smallest absolute Gasteiger partial charge is 0.234 e. The molecule has 18 heavy (non-hydrogen) atoms. The Kier molecular flexibility index (Phi) is 4.78. The summed E-state index contributed by atoms with van der Waals surface area (Å²) in [6.45, 7) is 0. The number of hydrogen-bond donors (Lipinski definition) is 1. The quantitative estimate of drug-likeness (QED) is 0.691. The Bertz CT molecular complexity index is 516. The molecule has 5 heteroatoms. The van der Waals surface area contributed by atoms with Crippen molar-refractivity contribution in [2.75, 3.05) is 11.1 Å². The second-order valence-corrected chi connectivity index (χ2v) is 5.38. The van der Waals surface area contributed by atoms with Crippen LogP contribution in [-0.2, 0) is 4.79 Å². The van der Waals surface area contributed by atoms with Crippen LogP contribution in [-0.4, -0.2) is 16.6 Å². The van der Waals surface area contributed by atoms with Crippen LogP contribution in [0.3, 0.4) is 0 Å². The molecule has 1 N–H and O–H groups in total. The first kappa shape index (κ1) is 13.1. The number of hydrogen-bond acceptors (Lipinski definition) is 3. The Balaban J connectivity index is 1.84. The Labute approximate surface area is 118 Å². The first-order valence-corrected chi connectivity index (χ1v) is 7.11. The SMILES string of the molecule is O=C(CSc1ccccc1)Nc1ccc(Br)nc1. The molecule has 92 valence electrons. The summed E-state index contributed by atoms with van der Waals surface area (Å²) in [4.78, 5) is 16.8. The second kappa shape index (κ2) is 6.56. The molecule has 1 aromatic carbocycles. The zero-order valence-electron chi connectivity index (χ0n) is 9.47. The molecule has 0 fully saturated rings. The van der Waals surface area contributed by atoms with Gasteiger partial charge in [-0.15, -0.1) is 11.8 Å². The minimum atomic E-state index is -0.0343. The molecule has 0 radical (unpaired) electrons. The molecule has 0 aliphatic rings. The van der Waals surface area contributed by atoms with E-state index >= 15 is 0 Å². The van der Waals surface area contributed by atoms with Gasteiger partial charge in [0.15, 0.2) is 0 Å². The molecule has 0 saturated heterocycles. The average molecular weight is 323 g/mol. The Morgan fingerprint density at radius 2 is 2.00 bits per heavy atom. The standard InChI is InChI=1S/C13H11BrN2OS/c14-12-7-6-10(8-15-12)16-13(17)9-18-11-4-2-1-3-5-11/h1-8H,9H2,(H,16,17). The monoisotopic (exact) mass is 322 g/mol. The molecular weight excluding hydrogens is 312 g/mol. The van der Waals surface area contributed by atoms with Crippen molar-refractivity contribution in [1.82, 2.24) is 4.98 Å². The van der Waals surface area contributed by atoms with Gasteiger partial charge >= 0.3 is 0 Å². The van der Waals surface area contributed by atoms with Gasteiger partial charge in [0.25, 0.3) is 0 Å². The molecule has 0 aliphatic heterocycles. The van der Waals surface area contributed by atoms with E-state index in [0.29, 0.717) is 11.4 Å². The molecule has 1 aromatic heterocycles. The van der Waals surface area contributed by atoms with Crippen LogP contribution in [0, 0.1) is 0 Å². The normalized spacial score (nSPS) is 10.1. The van der Waals surface area contributed by atoms with E-state index < -0.39 is 0 Å². The number of carbonyl (C=O) groups is 1. The van der Waals surface area contributed by atoms with Crippen LogP contribution < -0.4 is 5.32 Å². The summed E-state index contributed by atoms with van der Waals surface area (Å²) in [5.41, 5.74) is 0.705. The Morgan fingerprint density at radius 1 is 1.22 bits per heavy atom. The molecule has 0 bridgehead atoms. The number of thioether (sulfide) groups is 1. The van der Waals surface area contributed by atoms with E-state index in [2.05, 4.69) is 26.2 Å². The number of rotatable bonds is 4. The molecule has 1 amide bonds. The van der Waals surface area contributed by atoms with E-state index in [-0.39, 0.29) is 5.91 Å². The van der Waals surface area contributed by atoms with Gasteiger partial charge in [-0.2, -0.15) is 0 Å². The van der Waals surface area contributed by atoms with Gasteiger partial charge in [0, 0.05) is 4.90 Å². The Hall–Kier alpha value is -1.33. The lowest BCUT2D eigenvalue weighted by atomic mass is 10.4. The molecule has 0 aliphatic carbocycles. The summed E-state index contributed by atoms with van der Waals surface area (Å²) >= 11 is 4.75. The zero-order chi connectivity index (χ0) is 12.8. The highest BCUT2D eigenvalue weighted by atomic mass is 79.9. The summed E-state index contributed by atoms with van der Waals surface area (Å²) in [7, 11) is 0. The summed E-state index contributed by atoms with van der Waals surface area (Å²) < 4.78 is 0.749. The lowest BCUT2D eigenvalue weighted by Crippen LogP contribution is -2.14. The van der Waals surface area contributed by atoms with Crippen LogP contribution in [0.5, 0.6) is 0 Å². The minimum absolute atomic E-state index is 0.0343. The van der Waals surface area contributed by atoms with Gasteiger partial charge in [0.1, 0.15) is 4.60 Å². The fourth-order valence-corrected chi connectivity index (χ4v) is 2.27. The zero-order valence-corrected chi connectivity index (χ0v) is 11.9. The number of pyridine rings is 1. The molecule has 1 heterocycles.